The summed E-state index contributed by atoms with van der Waals surface area (Å²) in [6.07, 6.45) is 5.81. The largest absolute Gasteiger partial charge is 0.493 e. The SMILES string of the molecule is CN=C(NCc1ccc(-n2ccnc2)c(F)c1)N1CCc2cc(OC)c(OC)cc2C1.I. The van der Waals surface area contributed by atoms with Crippen LogP contribution < -0.4 is 14.8 Å². The molecule has 1 aromatic heterocycles. The average Bonchev–Trinajstić information content (AvgIpc) is 3.33. The van der Waals surface area contributed by atoms with Gasteiger partial charge in [0.15, 0.2) is 17.5 Å². The van der Waals surface area contributed by atoms with Gasteiger partial charge in [0.1, 0.15) is 5.82 Å². The molecule has 0 unspecified atom stereocenters. The number of nitrogens with one attached hydrogen (secondary N) is 1. The first-order chi connectivity index (χ1) is 15.1. The third kappa shape index (κ3) is 4.98. The first kappa shape index (κ1) is 23.8. The number of benzene rings is 2. The van der Waals surface area contributed by atoms with Crippen LogP contribution in [0.5, 0.6) is 11.5 Å². The second-order valence-electron chi connectivity index (χ2n) is 7.30. The summed E-state index contributed by atoms with van der Waals surface area (Å²) >= 11 is 0. The fourth-order valence-corrected chi connectivity index (χ4v) is 3.85. The molecule has 1 aliphatic rings. The molecule has 0 amide bonds. The third-order valence-electron chi connectivity index (χ3n) is 5.47. The molecular weight excluding hydrogens is 524 g/mol. The van der Waals surface area contributed by atoms with E-state index in [1.807, 2.05) is 18.2 Å². The Morgan fingerprint density at radius 3 is 2.53 bits per heavy atom. The Kier molecular flexibility index (Phi) is 7.94. The summed E-state index contributed by atoms with van der Waals surface area (Å²) in [5.74, 6) is 1.96. The Hall–Kier alpha value is -2.82. The number of hydrogen-bond acceptors (Lipinski definition) is 4. The van der Waals surface area contributed by atoms with Gasteiger partial charge in [-0.05, 0) is 47.4 Å². The number of guanidine groups is 1. The zero-order valence-corrected chi connectivity index (χ0v) is 20.7. The molecule has 0 atom stereocenters. The molecule has 7 nitrogen and oxygen atoms in total. The maximum absolute atomic E-state index is 14.5. The van der Waals surface area contributed by atoms with Crippen molar-refractivity contribution in [1.82, 2.24) is 19.8 Å². The van der Waals surface area contributed by atoms with Crippen molar-refractivity contribution in [2.75, 3.05) is 27.8 Å². The lowest BCUT2D eigenvalue weighted by molar-refractivity contribution is 0.346. The van der Waals surface area contributed by atoms with E-state index in [0.29, 0.717) is 18.8 Å². The first-order valence-corrected chi connectivity index (χ1v) is 10.1. The molecule has 0 bridgehead atoms. The molecule has 1 N–H and O–H groups in total. The van der Waals surface area contributed by atoms with Crippen LogP contribution in [0.1, 0.15) is 16.7 Å². The van der Waals surface area contributed by atoms with E-state index in [4.69, 9.17) is 9.47 Å². The lowest BCUT2D eigenvalue weighted by Crippen LogP contribution is -2.43. The predicted octanol–water partition coefficient (Wildman–Crippen LogP) is 3.78. The number of fused-ring (bicyclic) bond motifs is 1. The van der Waals surface area contributed by atoms with Gasteiger partial charge in [0.2, 0.25) is 0 Å². The molecule has 3 aromatic rings. The van der Waals surface area contributed by atoms with E-state index in [9.17, 15) is 4.39 Å². The number of nitrogens with zero attached hydrogens (tertiary/aromatic N) is 4. The van der Waals surface area contributed by atoms with Gasteiger partial charge in [-0.3, -0.25) is 4.99 Å². The zero-order chi connectivity index (χ0) is 21.8. The highest BCUT2D eigenvalue weighted by Crippen LogP contribution is 2.33. The van der Waals surface area contributed by atoms with Gasteiger partial charge in [0, 0.05) is 39.1 Å². The molecule has 2 heterocycles. The number of methoxy groups -OCH3 is 2. The topological polar surface area (TPSA) is 63.9 Å². The molecule has 0 saturated heterocycles. The fourth-order valence-electron chi connectivity index (χ4n) is 3.85. The predicted molar refractivity (Wildman–Crippen MR) is 133 cm³/mol. The maximum atomic E-state index is 14.5. The van der Waals surface area contributed by atoms with E-state index >= 15 is 0 Å². The molecule has 1 aliphatic heterocycles. The summed E-state index contributed by atoms with van der Waals surface area (Å²) in [5.41, 5.74) is 3.75. The number of imidazole rings is 1. The Balaban J connectivity index is 0.00000289. The highest BCUT2D eigenvalue weighted by Gasteiger charge is 2.21. The number of hydrogen-bond donors (Lipinski definition) is 1. The van der Waals surface area contributed by atoms with Crippen molar-refractivity contribution in [1.29, 1.82) is 0 Å². The van der Waals surface area contributed by atoms with Crippen LogP contribution in [0.3, 0.4) is 0 Å². The number of ether oxygens (including phenoxy) is 2. The van der Waals surface area contributed by atoms with E-state index in [0.717, 1.165) is 36.0 Å². The molecule has 4 rings (SSSR count). The van der Waals surface area contributed by atoms with Gasteiger partial charge in [-0.2, -0.15) is 0 Å². The molecular formula is C23H27FIN5O2. The van der Waals surface area contributed by atoms with Crippen LogP contribution in [0.15, 0.2) is 54.0 Å². The maximum Gasteiger partial charge on any atom is 0.194 e. The fraction of sp³-hybridized carbons (Fsp3) is 0.304. The highest BCUT2D eigenvalue weighted by atomic mass is 127. The standard InChI is InChI=1S/C23H26FN5O2.HI/c1-25-23(27-13-16-4-5-20(19(24)10-16)29-9-7-26-15-29)28-8-6-17-11-21(30-2)22(31-3)12-18(17)14-28;/h4-5,7,9-12,15H,6,8,13-14H2,1-3H3,(H,25,27);1H. The lowest BCUT2D eigenvalue weighted by atomic mass is 9.99. The van der Waals surface area contributed by atoms with Crippen molar-refractivity contribution >= 4 is 29.9 Å². The molecule has 170 valence electrons. The van der Waals surface area contributed by atoms with E-state index in [1.165, 1.54) is 17.2 Å². The van der Waals surface area contributed by atoms with Crippen LogP contribution in [0.4, 0.5) is 4.39 Å². The van der Waals surface area contributed by atoms with Crippen LogP contribution >= 0.6 is 24.0 Å². The van der Waals surface area contributed by atoms with E-state index in [1.54, 1.807) is 50.6 Å². The van der Waals surface area contributed by atoms with Gasteiger partial charge in [0.25, 0.3) is 0 Å². The van der Waals surface area contributed by atoms with Gasteiger partial charge in [-0.25, -0.2) is 9.37 Å². The second-order valence-corrected chi connectivity index (χ2v) is 7.30. The minimum atomic E-state index is -0.291. The van der Waals surface area contributed by atoms with Crippen molar-refractivity contribution in [3.8, 4) is 17.2 Å². The summed E-state index contributed by atoms with van der Waals surface area (Å²) in [6.45, 7) is 2.02. The molecule has 0 fully saturated rings. The van der Waals surface area contributed by atoms with E-state index in [2.05, 4.69) is 20.2 Å². The van der Waals surface area contributed by atoms with Gasteiger partial charge in [-0.15, -0.1) is 24.0 Å². The van der Waals surface area contributed by atoms with Crippen LogP contribution in [0.2, 0.25) is 0 Å². The Morgan fingerprint density at radius 2 is 1.91 bits per heavy atom. The minimum Gasteiger partial charge on any atom is -0.493 e. The normalized spacial score (nSPS) is 13.2. The molecule has 2 aromatic carbocycles. The molecule has 0 saturated carbocycles. The van der Waals surface area contributed by atoms with E-state index < -0.39 is 0 Å². The molecule has 0 aliphatic carbocycles. The second kappa shape index (κ2) is 10.7. The van der Waals surface area contributed by atoms with Gasteiger partial charge >= 0.3 is 0 Å². The first-order valence-electron chi connectivity index (χ1n) is 10.1. The van der Waals surface area contributed by atoms with Gasteiger partial charge in [-0.1, -0.05) is 6.07 Å². The summed E-state index contributed by atoms with van der Waals surface area (Å²) in [7, 11) is 5.05. The van der Waals surface area contributed by atoms with Gasteiger partial charge in [0.05, 0.1) is 26.2 Å². The van der Waals surface area contributed by atoms with Gasteiger partial charge < -0.3 is 24.3 Å². The summed E-state index contributed by atoms with van der Waals surface area (Å²) in [4.78, 5) is 10.6. The summed E-state index contributed by atoms with van der Waals surface area (Å²) in [5, 5.41) is 3.35. The molecule has 0 radical (unpaired) electrons. The minimum absolute atomic E-state index is 0. The lowest BCUT2D eigenvalue weighted by Gasteiger charge is -2.32. The molecule has 9 heteroatoms. The Morgan fingerprint density at radius 1 is 1.16 bits per heavy atom. The Bertz CT molecular complexity index is 1090. The molecule has 0 spiro atoms. The smallest absolute Gasteiger partial charge is 0.194 e. The number of aliphatic imine (C=N–C) groups is 1. The van der Waals surface area contributed by atoms with Crippen molar-refractivity contribution in [2.45, 2.75) is 19.5 Å². The summed E-state index contributed by atoms with van der Waals surface area (Å²) < 4.78 is 27.0. The van der Waals surface area contributed by atoms with Crippen LogP contribution in [0.25, 0.3) is 5.69 Å². The molecule has 32 heavy (non-hydrogen) atoms. The monoisotopic (exact) mass is 551 g/mol. The number of rotatable bonds is 5. The summed E-state index contributed by atoms with van der Waals surface area (Å²) in [6, 6.07) is 9.28. The number of halogens is 2. The Labute approximate surface area is 204 Å². The van der Waals surface area contributed by atoms with Crippen molar-refractivity contribution in [2.24, 2.45) is 4.99 Å². The third-order valence-corrected chi connectivity index (χ3v) is 5.47. The van der Waals surface area contributed by atoms with Crippen LogP contribution in [-0.4, -0.2) is 48.2 Å². The van der Waals surface area contributed by atoms with Crippen molar-refractivity contribution in [3.05, 3.63) is 71.6 Å². The average molecular weight is 551 g/mol. The van der Waals surface area contributed by atoms with E-state index in [-0.39, 0.29) is 29.8 Å². The van der Waals surface area contributed by atoms with Crippen molar-refractivity contribution in [3.63, 3.8) is 0 Å². The van der Waals surface area contributed by atoms with Crippen LogP contribution in [0, 0.1) is 5.82 Å². The quantitative estimate of drug-likeness (QED) is 0.297. The zero-order valence-electron chi connectivity index (χ0n) is 18.3. The highest BCUT2D eigenvalue weighted by molar-refractivity contribution is 14.0. The van der Waals surface area contributed by atoms with Crippen molar-refractivity contribution < 1.29 is 13.9 Å². The number of aromatic nitrogens is 2. The van der Waals surface area contributed by atoms with Crippen LogP contribution in [-0.2, 0) is 19.5 Å².